The number of rotatable bonds is 3. The summed E-state index contributed by atoms with van der Waals surface area (Å²) in [5.74, 6) is 2.19. The number of hydrogen-bond donors (Lipinski definition) is 0. The van der Waals surface area contributed by atoms with E-state index in [-0.39, 0.29) is 11.9 Å². The third-order valence-electron chi connectivity index (χ3n) is 8.59. The van der Waals surface area contributed by atoms with Crippen molar-refractivity contribution in [2.45, 2.75) is 70.3 Å². The van der Waals surface area contributed by atoms with Gasteiger partial charge in [0.25, 0.3) is 0 Å². The van der Waals surface area contributed by atoms with E-state index in [9.17, 15) is 14.4 Å². The number of likely N-dealkylation sites (tertiary alicyclic amines) is 1. The van der Waals surface area contributed by atoms with Crippen LogP contribution in [0.2, 0.25) is 0 Å². The number of fused-ring (bicyclic) bond motifs is 4. The Morgan fingerprint density at radius 3 is 2.35 bits per heavy atom. The van der Waals surface area contributed by atoms with E-state index in [1.54, 1.807) is 0 Å². The van der Waals surface area contributed by atoms with Crippen LogP contribution in [0.15, 0.2) is 0 Å². The predicted octanol–water partition coefficient (Wildman–Crippen LogP) is 2.55. The number of carbonyl (C=O) groups excluding carboxylic acids is 3. The molecule has 4 aliphatic heterocycles. The van der Waals surface area contributed by atoms with Gasteiger partial charge in [0.2, 0.25) is 11.8 Å². The molecule has 0 N–H and O–H groups in total. The van der Waals surface area contributed by atoms with Gasteiger partial charge < -0.3 is 19.6 Å². The lowest BCUT2D eigenvalue weighted by molar-refractivity contribution is -0.144. The Labute approximate surface area is 186 Å². The van der Waals surface area contributed by atoms with Crippen LogP contribution in [0.5, 0.6) is 0 Å². The Morgan fingerprint density at radius 1 is 0.839 bits per heavy atom. The predicted molar refractivity (Wildman–Crippen MR) is 117 cm³/mol. The summed E-state index contributed by atoms with van der Waals surface area (Å²) in [5.41, 5.74) is 0. The third kappa shape index (κ3) is 4.42. The number of amides is 4. The molecule has 0 radical (unpaired) electrons. The Morgan fingerprint density at radius 2 is 1.58 bits per heavy atom. The average molecular weight is 431 g/mol. The number of hydrogen-bond acceptors (Lipinski definition) is 3. The van der Waals surface area contributed by atoms with E-state index in [2.05, 4.69) is 4.90 Å². The van der Waals surface area contributed by atoms with E-state index in [4.69, 9.17) is 0 Å². The van der Waals surface area contributed by atoms with Gasteiger partial charge in [-0.1, -0.05) is 25.7 Å². The van der Waals surface area contributed by atoms with E-state index >= 15 is 0 Å². The molecule has 0 aromatic rings. The normalized spacial score (nSPS) is 31.7. The zero-order valence-corrected chi connectivity index (χ0v) is 18.8. The summed E-state index contributed by atoms with van der Waals surface area (Å²) >= 11 is 0. The quantitative estimate of drug-likeness (QED) is 0.691. The molecule has 4 saturated heterocycles. The Kier molecular flexibility index (Phi) is 6.11. The zero-order chi connectivity index (χ0) is 21.4. The van der Waals surface area contributed by atoms with Crippen LogP contribution in [0, 0.1) is 17.8 Å². The second-order valence-corrected chi connectivity index (χ2v) is 10.6. The molecule has 0 spiro atoms. The molecule has 1 aliphatic carbocycles. The lowest BCUT2D eigenvalue weighted by Gasteiger charge is -2.53. The van der Waals surface area contributed by atoms with Crippen LogP contribution in [0.1, 0.15) is 64.2 Å². The van der Waals surface area contributed by atoms with Crippen LogP contribution >= 0.6 is 0 Å². The second kappa shape index (κ2) is 8.99. The molecule has 5 rings (SSSR count). The molecule has 4 heterocycles. The highest BCUT2D eigenvalue weighted by molar-refractivity contribution is 5.79. The highest BCUT2D eigenvalue weighted by Gasteiger charge is 2.45. The minimum atomic E-state index is 0.142. The molecular formula is C24H38N4O3. The van der Waals surface area contributed by atoms with Crippen molar-refractivity contribution in [2.24, 2.45) is 17.8 Å². The van der Waals surface area contributed by atoms with Crippen LogP contribution in [-0.4, -0.2) is 89.3 Å². The largest absolute Gasteiger partial charge is 0.339 e. The van der Waals surface area contributed by atoms with Crippen molar-refractivity contribution in [2.75, 3.05) is 45.8 Å². The second-order valence-electron chi connectivity index (χ2n) is 10.6. The van der Waals surface area contributed by atoms with Gasteiger partial charge in [0.05, 0.1) is 0 Å². The molecule has 4 amide bonds. The number of piperazine rings is 1. The van der Waals surface area contributed by atoms with E-state index in [0.717, 1.165) is 51.2 Å². The molecule has 0 aromatic carbocycles. The molecule has 5 fully saturated rings. The van der Waals surface area contributed by atoms with Crippen molar-refractivity contribution in [3.05, 3.63) is 0 Å². The zero-order valence-electron chi connectivity index (χ0n) is 18.8. The number of nitrogens with zero attached hydrogens (tertiary/aromatic N) is 4. The SMILES string of the molecule is O=C(CCC1CCCC1)N1CCN(C(=O)N2CC3CC(C2)[C@H]2CCCC(=O)N2C3)CC1. The Hall–Kier alpha value is -1.79. The Bertz CT molecular complexity index is 699. The highest BCUT2D eigenvalue weighted by Crippen LogP contribution is 2.38. The summed E-state index contributed by atoms with van der Waals surface area (Å²) in [5, 5.41) is 0. The van der Waals surface area contributed by atoms with Crippen LogP contribution in [0.3, 0.4) is 0 Å². The maximum atomic E-state index is 13.3. The van der Waals surface area contributed by atoms with Crippen molar-refractivity contribution in [3.63, 3.8) is 0 Å². The van der Waals surface area contributed by atoms with Crippen LogP contribution in [0.4, 0.5) is 4.79 Å². The maximum absolute atomic E-state index is 13.3. The molecule has 1 saturated carbocycles. The van der Waals surface area contributed by atoms with E-state index in [0.29, 0.717) is 62.8 Å². The van der Waals surface area contributed by atoms with Crippen LogP contribution in [0.25, 0.3) is 0 Å². The van der Waals surface area contributed by atoms with Gasteiger partial charge in [0.1, 0.15) is 0 Å². The van der Waals surface area contributed by atoms with Gasteiger partial charge in [-0.05, 0) is 43.4 Å². The third-order valence-corrected chi connectivity index (χ3v) is 8.59. The topological polar surface area (TPSA) is 64.2 Å². The van der Waals surface area contributed by atoms with Crippen molar-refractivity contribution in [1.82, 2.24) is 19.6 Å². The first-order chi connectivity index (χ1) is 15.1. The van der Waals surface area contributed by atoms with Crippen molar-refractivity contribution in [3.8, 4) is 0 Å². The van der Waals surface area contributed by atoms with Gasteiger partial charge in [-0.3, -0.25) is 9.59 Å². The number of urea groups is 1. The van der Waals surface area contributed by atoms with Crippen molar-refractivity contribution >= 4 is 17.8 Å². The molecule has 0 aromatic heterocycles. The fourth-order valence-electron chi connectivity index (χ4n) is 6.90. The first-order valence-electron chi connectivity index (χ1n) is 12.7. The molecule has 31 heavy (non-hydrogen) atoms. The lowest BCUT2D eigenvalue weighted by Crippen LogP contribution is -2.63. The summed E-state index contributed by atoms with van der Waals surface area (Å²) in [4.78, 5) is 46.3. The van der Waals surface area contributed by atoms with Gasteiger partial charge in [0, 0.05) is 64.7 Å². The van der Waals surface area contributed by atoms with Gasteiger partial charge in [0.15, 0.2) is 0 Å². The number of carbonyl (C=O) groups is 3. The molecule has 3 atom stereocenters. The van der Waals surface area contributed by atoms with Crippen molar-refractivity contribution in [1.29, 1.82) is 0 Å². The molecule has 7 heteroatoms. The first kappa shape index (κ1) is 21.1. The molecule has 2 bridgehead atoms. The molecule has 172 valence electrons. The van der Waals surface area contributed by atoms with Gasteiger partial charge >= 0.3 is 6.03 Å². The van der Waals surface area contributed by atoms with E-state index in [1.165, 1.54) is 25.7 Å². The van der Waals surface area contributed by atoms with Gasteiger partial charge in [-0.15, -0.1) is 0 Å². The molecule has 5 aliphatic rings. The average Bonchev–Trinajstić information content (AvgIpc) is 3.31. The van der Waals surface area contributed by atoms with Crippen LogP contribution in [-0.2, 0) is 9.59 Å². The fourth-order valence-corrected chi connectivity index (χ4v) is 6.90. The smallest absolute Gasteiger partial charge is 0.320 e. The van der Waals surface area contributed by atoms with Gasteiger partial charge in [-0.2, -0.15) is 0 Å². The number of piperidine rings is 3. The minimum Gasteiger partial charge on any atom is -0.339 e. The molecule has 2 unspecified atom stereocenters. The monoisotopic (exact) mass is 430 g/mol. The van der Waals surface area contributed by atoms with Crippen molar-refractivity contribution < 1.29 is 14.4 Å². The van der Waals surface area contributed by atoms with Crippen LogP contribution < -0.4 is 0 Å². The maximum Gasteiger partial charge on any atom is 0.320 e. The molecular weight excluding hydrogens is 392 g/mol. The van der Waals surface area contributed by atoms with Gasteiger partial charge in [-0.25, -0.2) is 4.79 Å². The Balaban J connectivity index is 1.11. The summed E-state index contributed by atoms with van der Waals surface area (Å²) in [6, 6.07) is 0.478. The fraction of sp³-hybridized carbons (Fsp3) is 0.875. The summed E-state index contributed by atoms with van der Waals surface area (Å²) in [7, 11) is 0. The standard InChI is InChI=1S/C24H38N4O3/c29-22(9-8-18-4-1-2-5-18)25-10-12-26(13-11-25)24(31)27-15-19-14-20(17-27)21-6-3-7-23(30)28(21)16-19/h18-21H,1-17H2/t19?,20?,21-/m1/s1. The summed E-state index contributed by atoms with van der Waals surface area (Å²) in [6.07, 6.45) is 10.9. The molecule has 7 nitrogen and oxygen atoms in total. The summed E-state index contributed by atoms with van der Waals surface area (Å²) in [6.45, 7) is 5.01. The minimum absolute atomic E-state index is 0.142. The van der Waals surface area contributed by atoms with E-state index in [1.807, 2.05) is 14.7 Å². The first-order valence-corrected chi connectivity index (χ1v) is 12.7. The van der Waals surface area contributed by atoms with E-state index < -0.39 is 0 Å². The highest BCUT2D eigenvalue weighted by atomic mass is 16.2. The lowest BCUT2D eigenvalue weighted by atomic mass is 9.76. The summed E-state index contributed by atoms with van der Waals surface area (Å²) < 4.78 is 0.